The molecule has 0 N–H and O–H groups in total. The van der Waals surface area contributed by atoms with Crippen molar-refractivity contribution in [2.45, 2.75) is 5.41 Å². The van der Waals surface area contributed by atoms with Crippen LogP contribution >= 0.6 is 0 Å². The zero-order valence-corrected chi connectivity index (χ0v) is 38.7. The summed E-state index contributed by atoms with van der Waals surface area (Å²) in [5.74, 6) is 0. The first-order valence-corrected chi connectivity index (χ1v) is 24.6. The molecule has 0 radical (unpaired) electrons. The van der Waals surface area contributed by atoms with Crippen LogP contribution in [-0.2, 0) is 5.41 Å². The van der Waals surface area contributed by atoms with Gasteiger partial charge in [-0.25, -0.2) is 0 Å². The molecule has 330 valence electrons. The summed E-state index contributed by atoms with van der Waals surface area (Å²) in [6.45, 7) is 0. The van der Waals surface area contributed by atoms with Gasteiger partial charge >= 0.3 is 0 Å². The molecular weight excluding hydrogens is 859 g/mol. The summed E-state index contributed by atoms with van der Waals surface area (Å²) < 4.78 is 6.58. The van der Waals surface area contributed by atoms with Crippen LogP contribution in [0.15, 0.2) is 265 Å². The molecule has 2 aliphatic rings. The van der Waals surface area contributed by atoms with Gasteiger partial charge in [0.05, 0.1) is 5.41 Å². The number of para-hydroxylation sites is 1. The summed E-state index contributed by atoms with van der Waals surface area (Å²) in [6.07, 6.45) is 0. The van der Waals surface area contributed by atoms with Gasteiger partial charge in [-0.3, -0.25) is 0 Å². The summed E-state index contributed by atoms with van der Waals surface area (Å²) in [5.41, 5.74) is 22.0. The minimum atomic E-state index is -0.522. The van der Waals surface area contributed by atoms with Crippen LogP contribution < -0.4 is 4.90 Å². The molecule has 1 spiro atoms. The summed E-state index contributed by atoms with van der Waals surface area (Å²) in [7, 11) is 0. The van der Waals surface area contributed by atoms with E-state index in [-0.39, 0.29) is 0 Å². The van der Waals surface area contributed by atoms with Crippen LogP contribution in [-0.4, -0.2) is 0 Å². The molecule has 1 aromatic heterocycles. The zero-order valence-electron chi connectivity index (χ0n) is 38.7. The van der Waals surface area contributed by atoms with Gasteiger partial charge in [0.2, 0.25) is 0 Å². The molecule has 71 heavy (non-hydrogen) atoms. The molecule has 1 heterocycles. The smallest absolute Gasteiger partial charge is 0.143 e. The molecule has 0 saturated heterocycles. The monoisotopic (exact) mass is 901 g/mol. The van der Waals surface area contributed by atoms with Gasteiger partial charge in [-0.2, -0.15) is 0 Å². The van der Waals surface area contributed by atoms with Gasteiger partial charge in [0.15, 0.2) is 0 Å². The van der Waals surface area contributed by atoms with Crippen LogP contribution in [0.2, 0.25) is 0 Å². The van der Waals surface area contributed by atoms with Crippen LogP contribution in [0.1, 0.15) is 22.3 Å². The van der Waals surface area contributed by atoms with E-state index >= 15 is 0 Å². The van der Waals surface area contributed by atoms with Gasteiger partial charge in [-0.1, -0.05) is 206 Å². The first kappa shape index (κ1) is 39.7. The Hall–Kier alpha value is -9.24. The van der Waals surface area contributed by atoms with E-state index in [0.717, 1.165) is 61.3 Å². The van der Waals surface area contributed by atoms with E-state index < -0.39 is 5.41 Å². The van der Waals surface area contributed by atoms with Gasteiger partial charge in [0, 0.05) is 33.4 Å². The van der Waals surface area contributed by atoms with E-state index in [4.69, 9.17) is 4.42 Å². The van der Waals surface area contributed by atoms with Crippen molar-refractivity contribution in [1.82, 2.24) is 0 Å². The lowest BCUT2D eigenvalue weighted by Gasteiger charge is -2.32. The van der Waals surface area contributed by atoms with Crippen LogP contribution in [0, 0.1) is 0 Å². The van der Waals surface area contributed by atoms with Gasteiger partial charge < -0.3 is 9.32 Å². The lowest BCUT2D eigenvalue weighted by atomic mass is 9.70. The largest absolute Gasteiger partial charge is 0.455 e. The Morgan fingerprint density at radius 2 is 0.775 bits per heavy atom. The second-order valence-corrected chi connectivity index (χ2v) is 19.1. The van der Waals surface area contributed by atoms with Crippen molar-refractivity contribution in [3.63, 3.8) is 0 Å². The van der Waals surface area contributed by atoms with Gasteiger partial charge in [-0.05, 0) is 148 Å². The van der Waals surface area contributed by atoms with Crippen LogP contribution in [0.5, 0.6) is 0 Å². The number of hydrogen-bond acceptors (Lipinski definition) is 2. The number of fused-ring (bicyclic) bond motifs is 16. The number of benzene rings is 12. The van der Waals surface area contributed by atoms with E-state index in [1.165, 1.54) is 77.2 Å². The summed E-state index contributed by atoms with van der Waals surface area (Å²) in [4.78, 5) is 2.46. The molecule has 0 aliphatic heterocycles. The van der Waals surface area contributed by atoms with E-state index in [9.17, 15) is 0 Å². The van der Waals surface area contributed by atoms with Gasteiger partial charge in [-0.15, -0.1) is 0 Å². The third-order valence-electron chi connectivity index (χ3n) is 15.5. The molecule has 2 aliphatic carbocycles. The molecule has 12 aromatic carbocycles. The number of rotatable bonds is 6. The lowest BCUT2D eigenvalue weighted by molar-refractivity contribution is 0.670. The highest BCUT2D eigenvalue weighted by Crippen LogP contribution is 2.64. The molecular formula is C69H43NO. The highest BCUT2D eigenvalue weighted by Gasteiger charge is 2.52. The van der Waals surface area contributed by atoms with Crippen molar-refractivity contribution in [3.05, 3.63) is 283 Å². The van der Waals surface area contributed by atoms with Crippen molar-refractivity contribution in [1.29, 1.82) is 0 Å². The standard InChI is InChI=1S/C69H43NO/c1-3-14-44(15-4-1)50-31-37-58-56-20-9-11-24-63(56)69(65(58)41-50)64-25-12-10-21-57(64)59-38-36-53(43-66(59)69)70(52-35-30-48-27-26-47-18-7-8-19-54(47)61(48)42-52)51-33-28-45(29-34-51)49-32-39-67-62(40-49)60-23-13-22-55(68(60)71-67)46-16-5-2-6-17-46/h1-43H. The van der Waals surface area contributed by atoms with E-state index in [0.29, 0.717) is 0 Å². The molecule has 13 aromatic rings. The second-order valence-electron chi connectivity index (χ2n) is 19.1. The van der Waals surface area contributed by atoms with Crippen LogP contribution in [0.3, 0.4) is 0 Å². The molecule has 0 fully saturated rings. The first-order chi connectivity index (χ1) is 35.2. The van der Waals surface area contributed by atoms with Gasteiger partial charge in [0.1, 0.15) is 11.2 Å². The SMILES string of the molecule is c1ccc(-c2ccc3c(c2)C2(c4ccccc4-3)c3ccccc3-c3ccc(N(c4ccc(-c5ccc6oc7c(-c8ccccc8)cccc7c6c5)cc4)c4ccc5ccc6ccccc6c5c4)cc32)cc1. The first-order valence-electron chi connectivity index (χ1n) is 24.6. The molecule has 0 saturated carbocycles. The number of anilines is 3. The van der Waals surface area contributed by atoms with E-state index in [1.54, 1.807) is 0 Å². The third-order valence-corrected chi connectivity index (χ3v) is 15.5. The molecule has 0 bridgehead atoms. The number of hydrogen-bond donors (Lipinski definition) is 0. The maximum absolute atomic E-state index is 6.58. The average Bonchev–Trinajstić information content (AvgIpc) is 4.08. The Labute approximate surface area is 412 Å². The topological polar surface area (TPSA) is 16.4 Å². The Kier molecular flexibility index (Phi) is 8.61. The number of furan rings is 1. The van der Waals surface area contributed by atoms with E-state index in [1.807, 2.05) is 0 Å². The Bertz CT molecular complexity index is 4270. The van der Waals surface area contributed by atoms with E-state index in [2.05, 4.69) is 266 Å². The fourth-order valence-electron chi connectivity index (χ4n) is 12.3. The van der Waals surface area contributed by atoms with Crippen molar-refractivity contribution < 1.29 is 4.42 Å². The number of nitrogens with zero attached hydrogens (tertiary/aromatic N) is 1. The third kappa shape index (κ3) is 5.89. The van der Waals surface area contributed by atoms with Crippen molar-refractivity contribution in [3.8, 4) is 55.6 Å². The van der Waals surface area contributed by atoms with Crippen LogP contribution in [0.25, 0.3) is 99.1 Å². The van der Waals surface area contributed by atoms with Crippen LogP contribution in [0.4, 0.5) is 17.1 Å². The molecule has 15 rings (SSSR count). The molecule has 1 unspecified atom stereocenters. The highest BCUT2D eigenvalue weighted by molar-refractivity contribution is 6.11. The summed E-state index contributed by atoms with van der Waals surface area (Å²) in [6, 6.07) is 96.2. The molecule has 0 amide bonds. The minimum absolute atomic E-state index is 0.522. The Morgan fingerprint density at radius 3 is 1.55 bits per heavy atom. The summed E-state index contributed by atoms with van der Waals surface area (Å²) in [5, 5.41) is 7.17. The highest BCUT2D eigenvalue weighted by atomic mass is 16.3. The van der Waals surface area contributed by atoms with Crippen molar-refractivity contribution in [2.24, 2.45) is 0 Å². The molecule has 2 heteroatoms. The predicted molar refractivity (Wildman–Crippen MR) is 296 cm³/mol. The van der Waals surface area contributed by atoms with Crippen molar-refractivity contribution in [2.75, 3.05) is 4.90 Å². The van der Waals surface area contributed by atoms with Crippen molar-refractivity contribution >= 4 is 60.5 Å². The normalized spacial score (nSPS) is 14.3. The predicted octanol–water partition coefficient (Wildman–Crippen LogP) is 18.7. The Balaban J connectivity index is 0.919. The fraction of sp³-hybridized carbons (Fsp3) is 0.0145. The minimum Gasteiger partial charge on any atom is -0.455 e. The fourth-order valence-corrected chi connectivity index (χ4v) is 12.3. The lowest BCUT2D eigenvalue weighted by Crippen LogP contribution is -2.26. The summed E-state index contributed by atoms with van der Waals surface area (Å²) >= 11 is 0. The maximum atomic E-state index is 6.58. The maximum Gasteiger partial charge on any atom is 0.143 e. The molecule has 1 atom stereocenters. The molecule has 2 nitrogen and oxygen atoms in total. The average molecular weight is 902 g/mol. The quantitative estimate of drug-likeness (QED) is 0.155. The second kappa shape index (κ2) is 15.4. The Morgan fingerprint density at radius 1 is 0.268 bits per heavy atom. The van der Waals surface area contributed by atoms with Gasteiger partial charge in [0.25, 0.3) is 0 Å². The zero-order chi connectivity index (χ0) is 46.6.